The van der Waals surface area contributed by atoms with Gasteiger partial charge in [-0.25, -0.2) is 0 Å². The van der Waals surface area contributed by atoms with Gasteiger partial charge in [0, 0.05) is 4.91 Å². The third kappa shape index (κ3) is 3.72. The Morgan fingerprint density at radius 2 is 1.36 bits per heavy atom. The molecule has 1 heterocycles. The molecule has 144 valence electrons. The Balaban J connectivity index is 2.23. The zero-order valence-electron chi connectivity index (χ0n) is 12.8. The summed E-state index contributed by atoms with van der Waals surface area (Å²) in [7, 11) is 0. The molecule has 2 unspecified atom stereocenters. The van der Waals surface area contributed by atoms with E-state index >= 15 is 0 Å². The van der Waals surface area contributed by atoms with Gasteiger partial charge in [-0.15, -0.1) is 0 Å². The summed E-state index contributed by atoms with van der Waals surface area (Å²) in [5.74, 6) is 0. The predicted octanol–water partition coefficient (Wildman–Crippen LogP) is -4.69. The molecule has 13 heteroatoms. The second-order valence-corrected chi connectivity index (χ2v) is 5.96. The summed E-state index contributed by atoms with van der Waals surface area (Å²) in [6.45, 7) is -0.721. The minimum atomic E-state index is -1.85. The first-order chi connectivity index (χ1) is 11.7. The standard InChI is InChI=1S/C12H21N3O10/c13-15-14-3-5(18)4(17)2(1-16)24-12(3)25-11-9(22)7(20)6(19)8(21)10(11)23/h2-12,16-23H,1H2/t2-,3-,4-,5-,6?,7-,8-,9-,10+,11?,12-/m1/s1. The quantitative estimate of drug-likeness (QED) is 0.134. The molecule has 0 bridgehead atoms. The second kappa shape index (κ2) is 8.07. The fourth-order valence-corrected chi connectivity index (χ4v) is 2.87. The zero-order valence-corrected chi connectivity index (χ0v) is 12.8. The molecule has 11 atom stereocenters. The number of nitrogens with zero attached hydrogens (tertiary/aromatic N) is 3. The van der Waals surface area contributed by atoms with Crippen molar-refractivity contribution < 1.29 is 50.3 Å². The van der Waals surface area contributed by atoms with E-state index in [1.54, 1.807) is 0 Å². The van der Waals surface area contributed by atoms with Crippen LogP contribution in [0.25, 0.3) is 10.4 Å². The van der Waals surface area contributed by atoms with Gasteiger partial charge >= 0.3 is 0 Å². The molecule has 1 aliphatic heterocycles. The van der Waals surface area contributed by atoms with E-state index in [0.717, 1.165) is 0 Å². The zero-order chi connectivity index (χ0) is 18.9. The predicted molar refractivity (Wildman–Crippen MR) is 75.6 cm³/mol. The van der Waals surface area contributed by atoms with Crippen LogP contribution in [-0.4, -0.2) is 115 Å². The number of ether oxygens (including phenoxy) is 2. The van der Waals surface area contributed by atoms with Crippen molar-refractivity contribution in [2.75, 3.05) is 6.61 Å². The van der Waals surface area contributed by atoms with Crippen molar-refractivity contribution in [3.8, 4) is 0 Å². The van der Waals surface area contributed by atoms with Crippen LogP contribution in [0.5, 0.6) is 0 Å². The number of hydrogen-bond donors (Lipinski definition) is 8. The van der Waals surface area contributed by atoms with Crippen molar-refractivity contribution in [1.82, 2.24) is 0 Å². The van der Waals surface area contributed by atoms with E-state index in [1.165, 1.54) is 0 Å². The van der Waals surface area contributed by atoms with Gasteiger partial charge in [-0.2, -0.15) is 0 Å². The fourth-order valence-electron chi connectivity index (χ4n) is 2.87. The van der Waals surface area contributed by atoms with Crippen LogP contribution in [0.2, 0.25) is 0 Å². The molecule has 2 rings (SSSR count). The molecule has 1 aliphatic carbocycles. The highest BCUT2D eigenvalue weighted by Gasteiger charge is 2.52. The van der Waals surface area contributed by atoms with Gasteiger partial charge in [-0.1, -0.05) is 5.11 Å². The topological polar surface area (TPSA) is 229 Å². The lowest BCUT2D eigenvalue weighted by atomic mass is 9.84. The smallest absolute Gasteiger partial charge is 0.169 e. The molecule has 13 nitrogen and oxygen atoms in total. The van der Waals surface area contributed by atoms with Crippen LogP contribution in [0.15, 0.2) is 5.11 Å². The van der Waals surface area contributed by atoms with Gasteiger partial charge in [-0.3, -0.25) is 0 Å². The summed E-state index contributed by atoms with van der Waals surface area (Å²) in [5, 5.41) is 81.0. The Morgan fingerprint density at radius 1 is 0.840 bits per heavy atom. The molecule has 8 N–H and O–H groups in total. The van der Waals surface area contributed by atoms with Crippen LogP contribution >= 0.6 is 0 Å². The Bertz CT molecular complexity index is 490. The second-order valence-electron chi connectivity index (χ2n) is 5.96. The summed E-state index contributed by atoms with van der Waals surface area (Å²) in [6.07, 6.45) is -17.1. The van der Waals surface area contributed by atoms with Gasteiger partial charge in [0.15, 0.2) is 6.29 Å². The third-order valence-electron chi connectivity index (χ3n) is 4.40. The van der Waals surface area contributed by atoms with Crippen LogP contribution in [0.1, 0.15) is 0 Å². The SMILES string of the molecule is [N-]=[N+]=N[C@H]1[C@@H](OC2[C@@H](O)[C@H](O)C(O)[C@@H](O)[C@H]2O)O[C@H](CO)[C@@H](O)[C@@H]1O. The number of aliphatic hydroxyl groups is 8. The molecule has 0 spiro atoms. The van der Waals surface area contributed by atoms with Crippen molar-refractivity contribution in [1.29, 1.82) is 0 Å². The highest BCUT2D eigenvalue weighted by atomic mass is 16.7. The fraction of sp³-hybridized carbons (Fsp3) is 1.00. The maximum Gasteiger partial charge on any atom is 0.169 e. The molecule has 0 amide bonds. The molecule has 2 fully saturated rings. The van der Waals surface area contributed by atoms with Crippen molar-refractivity contribution in [3.63, 3.8) is 0 Å². The summed E-state index contributed by atoms with van der Waals surface area (Å²) < 4.78 is 10.4. The summed E-state index contributed by atoms with van der Waals surface area (Å²) >= 11 is 0. The Labute approximate surface area is 140 Å². The summed E-state index contributed by atoms with van der Waals surface area (Å²) in [5.41, 5.74) is 8.59. The van der Waals surface area contributed by atoms with E-state index in [1.807, 2.05) is 0 Å². The van der Waals surface area contributed by atoms with Crippen LogP contribution in [-0.2, 0) is 9.47 Å². The van der Waals surface area contributed by atoms with E-state index in [0.29, 0.717) is 0 Å². The van der Waals surface area contributed by atoms with Crippen molar-refractivity contribution in [3.05, 3.63) is 10.4 Å². The number of aliphatic hydroxyl groups excluding tert-OH is 8. The monoisotopic (exact) mass is 367 g/mol. The molecule has 25 heavy (non-hydrogen) atoms. The van der Waals surface area contributed by atoms with Crippen LogP contribution in [0.3, 0.4) is 0 Å². The lowest BCUT2D eigenvalue weighted by Gasteiger charge is -2.46. The molecule has 0 aromatic rings. The summed E-state index contributed by atoms with van der Waals surface area (Å²) in [4.78, 5) is 2.49. The molecule has 0 aromatic carbocycles. The molecular weight excluding hydrogens is 346 g/mol. The minimum absolute atomic E-state index is 0.721. The highest BCUT2D eigenvalue weighted by molar-refractivity contribution is 5.01. The van der Waals surface area contributed by atoms with E-state index in [2.05, 4.69) is 10.0 Å². The van der Waals surface area contributed by atoms with Gasteiger partial charge in [0.05, 0.1) is 12.7 Å². The number of azide groups is 1. The average molecular weight is 367 g/mol. The van der Waals surface area contributed by atoms with Crippen molar-refractivity contribution in [2.45, 2.75) is 67.3 Å². The molecular formula is C12H21N3O10. The van der Waals surface area contributed by atoms with Gasteiger partial charge in [0.2, 0.25) is 0 Å². The Kier molecular flexibility index (Phi) is 6.53. The van der Waals surface area contributed by atoms with Crippen LogP contribution < -0.4 is 0 Å². The maximum absolute atomic E-state index is 10.00. The number of rotatable bonds is 4. The minimum Gasteiger partial charge on any atom is -0.394 e. The highest BCUT2D eigenvalue weighted by Crippen LogP contribution is 2.30. The first kappa shape index (κ1) is 20.2. The molecule has 1 saturated carbocycles. The normalized spacial score (nSPS) is 51.0. The lowest BCUT2D eigenvalue weighted by Crippen LogP contribution is -2.67. The van der Waals surface area contributed by atoms with Crippen LogP contribution in [0, 0.1) is 0 Å². The van der Waals surface area contributed by atoms with E-state index in [9.17, 15) is 40.9 Å². The van der Waals surface area contributed by atoms with Gasteiger partial charge in [-0.05, 0) is 5.53 Å². The van der Waals surface area contributed by atoms with Crippen LogP contribution in [0.4, 0.5) is 0 Å². The maximum atomic E-state index is 10.00. The first-order valence-corrected chi connectivity index (χ1v) is 7.47. The Hall–Kier alpha value is -1.09. The van der Waals surface area contributed by atoms with E-state index in [4.69, 9.17) is 15.0 Å². The molecule has 0 radical (unpaired) electrons. The molecule has 1 saturated heterocycles. The third-order valence-corrected chi connectivity index (χ3v) is 4.40. The number of hydrogen-bond acceptors (Lipinski definition) is 11. The molecule has 0 aromatic heterocycles. The van der Waals surface area contributed by atoms with Gasteiger partial charge in [0.1, 0.15) is 54.9 Å². The first-order valence-electron chi connectivity index (χ1n) is 7.47. The van der Waals surface area contributed by atoms with Crippen molar-refractivity contribution in [2.24, 2.45) is 5.11 Å². The Morgan fingerprint density at radius 3 is 1.84 bits per heavy atom. The van der Waals surface area contributed by atoms with Gasteiger partial charge in [0.25, 0.3) is 0 Å². The largest absolute Gasteiger partial charge is 0.394 e. The van der Waals surface area contributed by atoms with Gasteiger partial charge < -0.3 is 50.3 Å². The van der Waals surface area contributed by atoms with Crippen molar-refractivity contribution >= 4 is 0 Å². The lowest BCUT2D eigenvalue weighted by molar-refractivity contribution is -0.316. The van der Waals surface area contributed by atoms with E-state index < -0.39 is 73.9 Å². The summed E-state index contributed by atoms with van der Waals surface area (Å²) in [6, 6.07) is -1.51. The molecule has 2 aliphatic rings. The van der Waals surface area contributed by atoms with E-state index in [-0.39, 0.29) is 0 Å². The average Bonchev–Trinajstić information content (AvgIpc) is 2.60.